The Morgan fingerprint density at radius 1 is 1.16 bits per heavy atom. The van der Waals surface area contributed by atoms with Gasteiger partial charge in [0.15, 0.2) is 0 Å². The number of rotatable bonds is 6. The van der Waals surface area contributed by atoms with Gasteiger partial charge in [-0.3, -0.25) is 20.1 Å². The molecule has 2 aromatic heterocycles. The van der Waals surface area contributed by atoms with Crippen LogP contribution in [0, 0.1) is 10.1 Å². The Bertz CT molecular complexity index is 904. The zero-order chi connectivity index (χ0) is 17.8. The molecule has 0 radical (unpaired) electrons. The molecule has 0 saturated heterocycles. The lowest BCUT2D eigenvalue weighted by molar-refractivity contribution is -0.383. The van der Waals surface area contributed by atoms with Crippen LogP contribution in [0.1, 0.15) is 5.69 Å². The van der Waals surface area contributed by atoms with Crippen molar-refractivity contribution in [2.75, 3.05) is 5.32 Å². The highest BCUT2D eigenvalue weighted by molar-refractivity contribution is 5.99. The van der Waals surface area contributed by atoms with Gasteiger partial charge < -0.3 is 10.1 Å². The molecule has 25 heavy (non-hydrogen) atoms. The smallest absolute Gasteiger partial charge is 0.387 e. The lowest BCUT2D eigenvalue weighted by Crippen LogP contribution is -2.05. The first-order valence-electron chi connectivity index (χ1n) is 7.19. The van der Waals surface area contributed by atoms with Crippen LogP contribution < -0.4 is 10.1 Å². The van der Waals surface area contributed by atoms with E-state index >= 15 is 0 Å². The van der Waals surface area contributed by atoms with Gasteiger partial charge in [0.05, 0.1) is 28.7 Å². The molecule has 1 aromatic carbocycles. The third-order valence-corrected chi connectivity index (χ3v) is 3.47. The average molecular weight is 346 g/mol. The lowest BCUT2D eigenvalue weighted by Gasteiger charge is -2.10. The van der Waals surface area contributed by atoms with Crippen LogP contribution in [0.4, 0.5) is 20.2 Å². The molecule has 2 heterocycles. The van der Waals surface area contributed by atoms with E-state index in [0.717, 1.165) is 0 Å². The van der Waals surface area contributed by atoms with Gasteiger partial charge in [-0.15, -0.1) is 0 Å². The van der Waals surface area contributed by atoms with Crippen LogP contribution in [-0.4, -0.2) is 21.5 Å². The summed E-state index contributed by atoms with van der Waals surface area (Å²) in [4.78, 5) is 18.6. The normalized spacial score (nSPS) is 10.8. The number of non-ortho nitro benzene ring substituents is 1. The first-order chi connectivity index (χ1) is 12.0. The Labute approximate surface area is 140 Å². The predicted molar refractivity (Wildman–Crippen MR) is 86.6 cm³/mol. The number of nitrogens with zero attached hydrogens (tertiary/aromatic N) is 3. The lowest BCUT2D eigenvalue weighted by atomic mass is 10.1. The maximum atomic E-state index is 12.1. The van der Waals surface area contributed by atoms with Crippen molar-refractivity contribution in [2.24, 2.45) is 0 Å². The minimum atomic E-state index is -2.90. The van der Waals surface area contributed by atoms with Crippen LogP contribution >= 0.6 is 0 Å². The first kappa shape index (κ1) is 16.5. The SMILES string of the molecule is O=[N+]([O-])c1ccc(NCc2ccc(OC(F)F)cn2)c2ccncc12. The van der Waals surface area contributed by atoms with Gasteiger partial charge in [-0.1, -0.05) is 0 Å². The van der Waals surface area contributed by atoms with E-state index < -0.39 is 11.5 Å². The molecule has 0 spiro atoms. The monoisotopic (exact) mass is 346 g/mol. The highest BCUT2D eigenvalue weighted by atomic mass is 19.3. The second kappa shape index (κ2) is 7.04. The molecule has 0 aliphatic rings. The van der Waals surface area contributed by atoms with Gasteiger partial charge in [-0.05, 0) is 24.3 Å². The fourth-order valence-electron chi connectivity index (χ4n) is 2.36. The van der Waals surface area contributed by atoms with Crippen LogP contribution in [0.2, 0.25) is 0 Å². The molecule has 0 atom stereocenters. The Morgan fingerprint density at radius 3 is 2.68 bits per heavy atom. The number of halogens is 2. The molecule has 0 bridgehead atoms. The molecule has 0 aliphatic heterocycles. The van der Waals surface area contributed by atoms with E-state index in [4.69, 9.17) is 0 Å². The Kier molecular flexibility index (Phi) is 4.64. The second-order valence-corrected chi connectivity index (χ2v) is 5.03. The maximum absolute atomic E-state index is 12.1. The van der Waals surface area contributed by atoms with Gasteiger partial charge in [0.2, 0.25) is 0 Å². The highest BCUT2D eigenvalue weighted by Crippen LogP contribution is 2.30. The number of nitrogens with one attached hydrogen (secondary N) is 1. The third kappa shape index (κ3) is 3.77. The van der Waals surface area contributed by atoms with E-state index in [1.807, 2.05) is 0 Å². The number of nitro benzene ring substituents is 1. The molecular formula is C16H12F2N4O3. The molecule has 9 heteroatoms. The summed E-state index contributed by atoms with van der Waals surface area (Å²) in [7, 11) is 0. The molecule has 3 aromatic rings. The highest BCUT2D eigenvalue weighted by Gasteiger charge is 2.14. The summed E-state index contributed by atoms with van der Waals surface area (Å²) in [6, 6.07) is 7.64. The van der Waals surface area contributed by atoms with Gasteiger partial charge in [0.25, 0.3) is 5.69 Å². The van der Waals surface area contributed by atoms with Crippen LogP contribution in [0.5, 0.6) is 5.75 Å². The van der Waals surface area contributed by atoms with Crippen molar-refractivity contribution in [2.45, 2.75) is 13.2 Å². The summed E-state index contributed by atoms with van der Waals surface area (Å²) >= 11 is 0. The second-order valence-electron chi connectivity index (χ2n) is 5.03. The number of anilines is 1. The van der Waals surface area contributed by atoms with Crippen molar-refractivity contribution in [1.82, 2.24) is 9.97 Å². The van der Waals surface area contributed by atoms with Crippen LogP contribution in [0.25, 0.3) is 10.8 Å². The fraction of sp³-hybridized carbons (Fsp3) is 0.125. The molecule has 7 nitrogen and oxygen atoms in total. The zero-order valence-electron chi connectivity index (χ0n) is 12.7. The van der Waals surface area contributed by atoms with Gasteiger partial charge >= 0.3 is 6.61 Å². The van der Waals surface area contributed by atoms with E-state index in [9.17, 15) is 18.9 Å². The fourth-order valence-corrected chi connectivity index (χ4v) is 2.36. The number of nitro groups is 1. The number of pyridine rings is 2. The Morgan fingerprint density at radius 2 is 2.00 bits per heavy atom. The van der Waals surface area contributed by atoms with Crippen molar-refractivity contribution in [3.8, 4) is 5.75 Å². The van der Waals surface area contributed by atoms with Crippen molar-refractivity contribution >= 4 is 22.1 Å². The summed E-state index contributed by atoms with van der Waals surface area (Å²) < 4.78 is 28.5. The molecule has 0 aliphatic carbocycles. The standard InChI is InChI=1S/C16H12F2N4O3/c17-16(18)25-11-2-1-10(20-8-11)7-21-14-3-4-15(22(23)24)13-9-19-6-5-12(13)14/h1-6,8-9,16,21H,7H2. The molecule has 0 fully saturated rings. The molecule has 0 amide bonds. The molecule has 0 saturated carbocycles. The van der Waals surface area contributed by atoms with Gasteiger partial charge in [0, 0.05) is 29.5 Å². The number of ether oxygens (including phenoxy) is 1. The summed E-state index contributed by atoms with van der Waals surface area (Å²) in [5, 5.41) is 15.3. The number of aromatic nitrogens is 2. The molecule has 1 N–H and O–H groups in total. The Hall–Kier alpha value is -3.36. The first-order valence-corrected chi connectivity index (χ1v) is 7.19. The molecule has 3 rings (SSSR count). The summed E-state index contributed by atoms with van der Waals surface area (Å²) in [5.41, 5.74) is 1.25. The quantitative estimate of drug-likeness (QED) is 0.540. The van der Waals surface area contributed by atoms with Crippen molar-refractivity contribution in [3.63, 3.8) is 0 Å². The van der Waals surface area contributed by atoms with E-state index in [0.29, 0.717) is 28.7 Å². The van der Waals surface area contributed by atoms with Gasteiger partial charge in [-0.2, -0.15) is 8.78 Å². The van der Waals surface area contributed by atoms with E-state index in [2.05, 4.69) is 20.0 Å². The number of alkyl halides is 2. The molecule has 0 unspecified atom stereocenters. The van der Waals surface area contributed by atoms with Crippen molar-refractivity contribution < 1.29 is 18.4 Å². The van der Waals surface area contributed by atoms with E-state index in [1.165, 1.54) is 24.5 Å². The number of hydrogen-bond donors (Lipinski definition) is 1. The summed E-state index contributed by atoms with van der Waals surface area (Å²) in [6.07, 6.45) is 4.19. The number of benzene rings is 1. The summed E-state index contributed by atoms with van der Waals surface area (Å²) in [6.45, 7) is -2.59. The van der Waals surface area contributed by atoms with Gasteiger partial charge in [0.1, 0.15) is 5.75 Å². The van der Waals surface area contributed by atoms with E-state index in [1.54, 1.807) is 24.4 Å². The predicted octanol–water partition coefficient (Wildman–Crippen LogP) is 3.75. The van der Waals surface area contributed by atoms with Crippen molar-refractivity contribution in [3.05, 3.63) is 64.7 Å². The van der Waals surface area contributed by atoms with Gasteiger partial charge in [-0.25, -0.2) is 0 Å². The van der Waals surface area contributed by atoms with Crippen molar-refractivity contribution in [1.29, 1.82) is 0 Å². The summed E-state index contributed by atoms with van der Waals surface area (Å²) in [5.74, 6) is -0.0226. The maximum Gasteiger partial charge on any atom is 0.387 e. The topological polar surface area (TPSA) is 90.2 Å². The van der Waals surface area contributed by atoms with Crippen LogP contribution in [0.15, 0.2) is 48.9 Å². The minimum Gasteiger partial charge on any atom is -0.433 e. The molecule has 128 valence electrons. The number of hydrogen-bond acceptors (Lipinski definition) is 6. The van der Waals surface area contributed by atoms with Crippen LogP contribution in [0.3, 0.4) is 0 Å². The third-order valence-electron chi connectivity index (χ3n) is 3.47. The van der Waals surface area contributed by atoms with Crippen LogP contribution in [-0.2, 0) is 6.54 Å². The number of fused-ring (bicyclic) bond motifs is 1. The minimum absolute atomic E-state index is 0.0226. The molecular weight excluding hydrogens is 334 g/mol. The Balaban J connectivity index is 1.80. The largest absolute Gasteiger partial charge is 0.433 e. The van der Waals surface area contributed by atoms with E-state index in [-0.39, 0.29) is 11.4 Å². The zero-order valence-corrected chi connectivity index (χ0v) is 12.7. The average Bonchev–Trinajstić information content (AvgIpc) is 2.60.